The maximum Gasteiger partial charge on any atom is 0.306 e. The first kappa shape index (κ1) is 65.1. The quantitative estimate of drug-likeness (QED) is 0.0262. The average molecular weight is 952 g/mol. The summed E-state index contributed by atoms with van der Waals surface area (Å²) in [7, 11) is 0. The minimum Gasteiger partial charge on any atom is -0.462 e. The van der Waals surface area contributed by atoms with E-state index >= 15 is 0 Å². The van der Waals surface area contributed by atoms with Crippen molar-refractivity contribution in [3.63, 3.8) is 0 Å². The van der Waals surface area contributed by atoms with Crippen LogP contribution in [-0.2, 0) is 28.6 Å². The third kappa shape index (κ3) is 54.1. The van der Waals surface area contributed by atoms with Crippen molar-refractivity contribution in [3.8, 4) is 0 Å². The summed E-state index contributed by atoms with van der Waals surface area (Å²) in [6.07, 6.45) is 70.8. The fourth-order valence-electron chi connectivity index (χ4n) is 8.39. The topological polar surface area (TPSA) is 78.9 Å². The van der Waals surface area contributed by atoms with Crippen molar-refractivity contribution >= 4 is 17.9 Å². The first-order chi connectivity index (χ1) is 33.5. The van der Waals surface area contributed by atoms with Gasteiger partial charge < -0.3 is 14.2 Å². The van der Waals surface area contributed by atoms with Gasteiger partial charge >= 0.3 is 17.9 Å². The summed E-state index contributed by atoms with van der Waals surface area (Å²) in [4.78, 5) is 38.1. The predicted octanol–water partition coefficient (Wildman–Crippen LogP) is 19.6. The van der Waals surface area contributed by atoms with Crippen molar-refractivity contribution in [2.45, 2.75) is 303 Å². The van der Waals surface area contributed by atoms with E-state index in [1.165, 1.54) is 180 Å². The molecule has 6 heteroatoms. The highest BCUT2D eigenvalue weighted by Gasteiger charge is 2.19. The van der Waals surface area contributed by atoms with Gasteiger partial charge in [-0.25, -0.2) is 0 Å². The number of ether oxygens (including phenoxy) is 3. The zero-order chi connectivity index (χ0) is 49.3. The van der Waals surface area contributed by atoms with Gasteiger partial charge in [-0.3, -0.25) is 14.4 Å². The standard InChI is InChI=1S/C62H110O6/c1-4-7-10-13-16-19-22-25-27-29-31-33-34-37-40-43-46-49-52-55-61(64)67-58-59(57-66-60(63)54-51-48-45-42-39-36-24-21-18-15-12-9-6-3)68-62(65)56-53-50-47-44-41-38-35-32-30-28-26-23-20-17-14-11-8-5-2/h7,10,16,19,25,27,36,39,45,48,59H,4-6,8-9,11-15,17-18,20-24,26,28-35,37-38,40-44,46-47,49-58H2,1-3H3/b10-7-,19-16-,27-25-,39-36-,48-45-. The molecule has 0 N–H and O–H groups in total. The molecule has 0 aliphatic rings. The van der Waals surface area contributed by atoms with Gasteiger partial charge in [0.15, 0.2) is 6.10 Å². The minimum atomic E-state index is -0.797. The molecule has 1 atom stereocenters. The lowest BCUT2D eigenvalue weighted by Gasteiger charge is -2.18. The van der Waals surface area contributed by atoms with E-state index in [4.69, 9.17) is 14.2 Å². The van der Waals surface area contributed by atoms with Crippen LogP contribution in [0.25, 0.3) is 0 Å². The molecule has 0 saturated carbocycles. The number of allylic oxidation sites excluding steroid dienone is 10. The summed E-state index contributed by atoms with van der Waals surface area (Å²) in [5, 5.41) is 0. The van der Waals surface area contributed by atoms with Crippen LogP contribution < -0.4 is 0 Å². The monoisotopic (exact) mass is 951 g/mol. The van der Waals surface area contributed by atoms with Crippen molar-refractivity contribution in [2.24, 2.45) is 0 Å². The summed E-state index contributed by atoms with van der Waals surface area (Å²) in [5.74, 6) is -0.953. The number of carbonyl (C=O) groups excluding carboxylic acids is 3. The molecular weight excluding hydrogens is 841 g/mol. The summed E-state index contributed by atoms with van der Waals surface area (Å²) in [5.41, 5.74) is 0. The molecule has 68 heavy (non-hydrogen) atoms. The van der Waals surface area contributed by atoms with Crippen LogP contribution in [0, 0.1) is 0 Å². The largest absolute Gasteiger partial charge is 0.462 e. The van der Waals surface area contributed by atoms with Gasteiger partial charge in [0.2, 0.25) is 0 Å². The van der Waals surface area contributed by atoms with Crippen molar-refractivity contribution in [2.75, 3.05) is 13.2 Å². The first-order valence-electron chi connectivity index (χ1n) is 29.3. The third-order valence-corrected chi connectivity index (χ3v) is 12.8. The summed E-state index contributed by atoms with van der Waals surface area (Å²) < 4.78 is 16.8. The molecule has 6 nitrogen and oxygen atoms in total. The van der Waals surface area contributed by atoms with Crippen LogP contribution in [0.15, 0.2) is 60.8 Å². The normalized spacial score (nSPS) is 12.5. The lowest BCUT2D eigenvalue weighted by Crippen LogP contribution is -2.30. The summed E-state index contributed by atoms with van der Waals surface area (Å²) in [6, 6.07) is 0. The SMILES string of the molecule is CC/C=C\C/C=C\C/C=C\CCCCCCCCCCCC(=O)OCC(COC(=O)CC/C=C\C/C=C\CCCCCCCC)OC(=O)CCCCCCCCCCCCCCCCCCCC. The zero-order valence-corrected chi connectivity index (χ0v) is 45.1. The van der Waals surface area contributed by atoms with E-state index in [1.807, 2.05) is 6.08 Å². The number of hydrogen-bond donors (Lipinski definition) is 0. The molecule has 0 aromatic heterocycles. The van der Waals surface area contributed by atoms with Crippen LogP contribution >= 0.6 is 0 Å². The summed E-state index contributed by atoms with van der Waals surface area (Å²) in [6.45, 7) is 6.50. The number of rotatable bonds is 53. The molecule has 0 heterocycles. The zero-order valence-electron chi connectivity index (χ0n) is 45.1. The Balaban J connectivity index is 4.38. The maximum absolute atomic E-state index is 12.9. The van der Waals surface area contributed by atoms with E-state index in [0.717, 1.165) is 70.6 Å². The van der Waals surface area contributed by atoms with E-state index in [-0.39, 0.29) is 37.5 Å². The Bertz CT molecular complexity index is 1230. The molecule has 0 aliphatic carbocycles. The van der Waals surface area contributed by atoms with Gasteiger partial charge in [-0.15, -0.1) is 0 Å². The van der Waals surface area contributed by atoms with Crippen molar-refractivity contribution in [3.05, 3.63) is 60.8 Å². The van der Waals surface area contributed by atoms with Crippen molar-refractivity contribution < 1.29 is 28.6 Å². The van der Waals surface area contributed by atoms with Crippen molar-refractivity contribution in [1.29, 1.82) is 0 Å². The molecule has 0 fully saturated rings. The highest BCUT2D eigenvalue weighted by molar-refractivity contribution is 5.71. The second-order valence-electron chi connectivity index (χ2n) is 19.5. The average Bonchev–Trinajstić information content (AvgIpc) is 3.34. The van der Waals surface area contributed by atoms with Gasteiger partial charge in [0.05, 0.1) is 0 Å². The number of unbranched alkanes of at least 4 members (excludes halogenated alkanes) is 32. The van der Waals surface area contributed by atoms with Crippen LogP contribution in [-0.4, -0.2) is 37.2 Å². The van der Waals surface area contributed by atoms with Crippen LogP contribution in [0.5, 0.6) is 0 Å². The molecule has 0 spiro atoms. The Kier molecular flexibility index (Phi) is 54.3. The number of esters is 3. The molecule has 0 aromatic rings. The van der Waals surface area contributed by atoms with Crippen LogP contribution in [0.1, 0.15) is 297 Å². The fourth-order valence-corrected chi connectivity index (χ4v) is 8.39. The first-order valence-corrected chi connectivity index (χ1v) is 29.3. The highest BCUT2D eigenvalue weighted by atomic mass is 16.6. The lowest BCUT2D eigenvalue weighted by atomic mass is 10.0. The minimum absolute atomic E-state index is 0.0915. The Hall–Kier alpha value is -2.89. The van der Waals surface area contributed by atoms with E-state index in [1.54, 1.807) is 0 Å². The van der Waals surface area contributed by atoms with Gasteiger partial charge in [-0.05, 0) is 70.6 Å². The predicted molar refractivity (Wildman–Crippen MR) is 293 cm³/mol. The third-order valence-electron chi connectivity index (χ3n) is 12.8. The smallest absolute Gasteiger partial charge is 0.306 e. The molecule has 1 unspecified atom stereocenters. The second-order valence-corrected chi connectivity index (χ2v) is 19.5. The Morgan fingerprint density at radius 2 is 0.603 bits per heavy atom. The van der Waals surface area contributed by atoms with Crippen LogP contribution in [0.4, 0.5) is 0 Å². The van der Waals surface area contributed by atoms with Gasteiger partial charge in [-0.1, -0.05) is 268 Å². The molecule has 0 bridgehead atoms. The Labute approximate surface area is 421 Å². The number of hydrogen-bond acceptors (Lipinski definition) is 6. The van der Waals surface area contributed by atoms with E-state index in [2.05, 4.69) is 75.5 Å². The molecule has 0 rings (SSSR count). The maximum atomic E-state index is 12.9. The van der Waals surface area contributed by atoms with E-state index < -0.39 is 6.10 Å². The molecule has 0 radical (unpaired) electrons. The summed E-state index contributed by atoms with van der Waals surface area (Å²) >= 11 is 0. The second kappa shape index (κ2) is 56.7. The van der Waals surface area contributed by atoms with Gasteiger partial charge in [0.1, 0.15) is 13.2 Å². The Morgan fingerprint density at radius 1 is 0.309 bits per heavy atom. The lowest BCUT2D eigenvalue weighted by molar-refractivity contribution is -0.166. The molecule has 0 saturated heterocycles. The molecule has 0 aromatic carbocycles. The molecular formula is C62H110O6. The van der Waals surface area contributed by atoms with Gasteiger partial charge in [0, 0.05) is 19.3 Å². The number of carbonyl (C=O) groups is 3. The van der Waals surface area contributed by atoms with Crippen molar-refractivity contribution in [1.82, 2.24) is 0 Å². The van der Waals surface area contributed by atoms with Gasteiger partial charge in [-0.2, -0.15) is 0 Å². The Morgan fingerprint density at radius 3 is 0.985 bits per heavy atom. The molecule has 0 aliphatic heterocycles. The molecule has 394 valence electrons. The molecule has 0 amide bonds. The highest BCUT2D eigenvalue weighted by Crippen LogP contribution is 2.16. The fraction of sp³-hybridized carbons (Fsp3) is 0.790. The van der Waals surface area contributed by atoms with Crippen LogP contribution in [0.3, 0.4) is 0 Å². The van der Waals surface area contributed by atoms with E-state index in [9.17, 15) is 14.4 Å². The van der Waals surface area contributed by atoms with Gasteiger partial charge in [0.25, 0.3) is 0 Å². The van der Waals surface area contributed by atoms with E-state index in [0.29, 0.717) is 19.3 Å². The van der Waals surface area contributed by atoms with Crippen LogP contribution in [0.2, 0.25) is 0 Å².